The quantitative estimate of drug-likeness (QED) is 0.275. The van der Waals surface area contributed by atoms with Gasteiger partial charge in [0.1, 0.15) is 11.3 Å². The van der Waals surface area contributed by atoms with E-state index >= 15 is 0 Å². The lowest BCUT2D eigenvalue weighted by atomic mass is 10.1. The molecule has 142 valence electrons. The zero-order chi connectivity index (χ0) is 19.7. The molecular weight excluding hydrogens is 444 g/mol. The molecule has 4 rings (SSSR count). The Kier molecular flexibility index (Phi) is 5.10. The molecule has 0 atom stereocenters. The van der Waals surface area contributed by atoms with Crippen molar-refractivity contribution in [3.05, 3.63) is 69.0 Å². The van der Waals surface area contributed by atoms with Crippen LogP contribution in [0.5, 0.6) is 5.75 Å². The first-order valence-corrected chi connectivity index (χ1v) is 10.0. The van der Waals surface area contributed by atoms with Crippen LogP contribution in [0.25, 0.3) is 22.4 Å². The predicted molar refractivity (Wildman–Crippen MR) is 112 cm³/mol. The molecule has 0 aliphatic rings. The second-order valence-electron chi connectivity index (χ2n) is 5.90. The fraction of sp³-hybridized carbons (Fsp3) is 0.105. The number of hydrogen-bond donors (Lipinski definition) is 1. The van der Waals surface area contributed by atoms with Crippen LogP contribution in [0.2, 0.25) is 0 Å². The van der Waals surface area contributed by atoms with E-state index in [1.54, 1.807) is 13.2 Å². The minimum atomic E-state index is -0.398. The van der Waals surface area contributed by atoms with Crippen LogP contribution in [0, 0.1) is 0 Å². The van der Waals surface area contributed by atoms with Gasteiger partial charge < -0.3 is 15.0 Å². The number of benzene rings is 2. The van der Waals surface area contributed by atoms with Crippen LogP contribution >= 0.6 is 27.7 Å². The lowest BCUT2D eigenvalue weighted by Gasteiger charge is -2.08. The summed E-state index contributed by atoms with van der Waals surface area (Å²) in [7, 11) is 1.59. The maximum absolute atomic E-state index is 11.9. The molecule has 2 aromatic heterocycles. The highest BCUT2D eigenvalue weighted by molar-refractivity contribution is 9.10. The number of nitrogens with zero attached hydrogens (tertiary/aromatic N) is 3. The average Bonchev–Trinajstić information content (AvgIpc) is 3.05. The standard InChI is InChI=1S/C19H15BrN4O3S/c1-26-15-5-3-2-4-14(15)18-22-23-19(24(18)21)28-10-11-8-17(25)27-16-9-12(20)6-7-13(11)16/h2-9H,10,21H2,1H3. The highest BCUT2D eigenvalue weighted by Crippen LogP contribution is 2.31. The molecule has 0 aliphatic heterocycles. The van der Waals surface area contributed by atoms with Gasteiger partial charge in [0, 0.05) is 21.7 Å². The van der Waals surface area contributed by atoms with E-state index in [4.69, 9.17) is 15.0 Å². The van der Waals surface area contributed by atoms with Crippen LogP contribution in [0.3, 0.4) is 0 Å². The first-order valence-electron chi connectivity index (χ1n) is 8.26. The van der Waals surface area contributed by atoms with E-state index in [9.17, 15) is 4.79 Å². The molecule has 28 heavy (non-hydrogen) atoms. The van der Waals surface area contributed by atoms with Crippen LogP contribution in [0.1, 0.15) is 5.56 Å². The fourth-order valence-electron chi connectivity index (χ4n) is 2.85. The van der Waals surface area contributed by atoms with Crippen molar-refractivity contribution in [2.24, 2.45) is 0 Å². The Morgan fingerprint density at radius 2 is 2.04 bits per heavy atom. The maximum atomic E-state index is 11.9. The Balaban J connectivity index is 1.64. The second-order valence-corrected chi connectivity index (χ2v) is 7.75. The Bertz CT molecular complexity index is 1220. The number of para-hydroxylation sites is 1. The van der Waals surface area contributed by atoms with Crippen molar-refractivity contribution in [2.45, 2.75) is 10.9 Å². The number of ether oxygens (including phenoxy) is 1. The zero-order valence-corrected chi connectivity index (χ0v) is 17.2. The Labute approximate surface area is 172 Å². The number of nitrogens with two attached hydrogens (primary N) is 1. The first kappa shape index (κ1) is 18.6. The topological polar surface area (TPSA) is 96.2 Å². The second kappa shape index (κ2) is 7.69. The molecule has 2 aromatic carbocycles. The molecular formula is C19H15BrN4O3S. The van der Waals surface area contributed by atoms with Gasteiger partial charge in [0.25, 0.3) is 0 Å². The third-order valence-electron chi connectivity index (χ3n) is 4.16. The van der Waals surface area contributed by atoms with Gasteiger partial charge in [-0.2, -0.15) is 0 Å². The summed E-state index contributed by atoms with van der Waals surface area (Å²) in [4.78, 5) is 11.9. The van der Waals surface area contributed by atoms with Gasteiger partial charge in [-0.15, -0.1) is 10.2 Å². The molecule has 4 aromatic rings. The van der Waals surface area contributed by atoms with Crippen molar-refractivity contribution in [1.82, 2.24) is 14.9 Å². The molecule has 0 radical (unpaired) electrons. The smallest absolute Gasteiger partial charge is 0.336 e. The molecule has 9 heteroatoms. The van der Waals surface area contributed by atoms with Gasteiger partial charge in [-0.3, -0.25) is 0 Å². The first-order chi connectivity index (χ1) is 13.6. The van der Waals surface area contributed by atoms with Gasteiger partial charge in [0.2, 0.25) is 5.16 Å². The molecule has 0 bridgehead atoms. The molecule has 0 aliphatic carbocycles. The molecule has 0 amide bonds. The van der Waals surface area contributed by atoms with Gasteiger partial charge in [-0.25, -0.2) is 9.47 Å². The lowest BCUT2D eigenvalue weighted by Crippen LogP contribution is -2.12. The highest BCUT2D eigenvalue weighted by Gasteiger charge is 2.16. The van der Waals surface area contributed by atoms with Crippen molar-refractivity contribution < 1.29 is 9.15 Å². The fourth-order valence-corrected chi connectivity index (χ4v) is 4.04. The third-order valence-corrected chi connectivity index (χ3v) is 5.65. The van der Waals surface area contributed by atoms with E-state index in [2.05, 4.69) is 26.1 Å². The summed E-state index contributed by atoms with van der Waals surface area (Å²) in [6, 6.07) is 14.5. The molecule has 0 saturated heterocycles. The van der Waals surface area contributed by atoms with Crippen molar-refractivity contribution in [3.8, 4) is 17.1 Å². The predicted octanol–water partition coefficient (Wildman–Crippen LogP) is 3.83. The number of halogens is 1. The summed E-state index contributed by atoms with van der Waals surface area (Å²) in [5.74, 6) is 7.87. The van der Waals surface area contributed by atoms with E-state index < -0.39 is 5.63 Å². The van der Waals surface area contributed by atoms with Crippen LogP contribution in [0.15, 0.2) is 67.4 Å². The average molecular weight is 459 g/mol. The van der Waals surface area contributed by atoms with Crippen LogP contribution in [0.4, 0.5) is 0 Å². The van der Waals surface area contributed by atoms with Crippen LogP contribution in [-0.4, -0.2) is 22.0 Å². The monoisotopic (exact) mass is 458 g/mol. The van der Waals surface area contributed by atoms with Crippen LogP contribution in [-0.2, 0) is 5.75 Å². The van der Waals surface area contributed by atoms with Crippen LogP contribution < -0.4 is 16.2 Å². The number of thioether (sulfide) groups is 1. The van der Waals surface area contributed by atoms with E-state index in [0.29, 0.717) is 28.1 Å². The number of fused-ring (bicyclic) bond motifs is 1. The van der Waals surface area contributed by atoms with E-state index in [1.165, 1.54) is 22.5 Å². The van der Waals surface area contributed by atoms with Gasteiger partial charge in [-0.1, -0.05) is 39.8 Å². The molecule has 2 heterocycles. The summed E-state index contributed by atoms with van der Waals surface area (Å²) in [5.41, 5.74) is 1.72. The minimum Gasteiger partial charge on any atom is -0.496 e. The van der Waals surface area contributed by atoms with Crippen molar-refractivity contribution in [3.63, 3.8) is 0 Å². The molecule has 0 saturated carbocycles. The Morgan fingerprint density at radius 1 is 1.21 bits per heavy atom. The number of aromatic nitrogens is 3. The number of rotatable bonds is 5. The summed E-state index contributed by atoms with van der Waals surface area (Å²) in [6.45, 7) is 0. The molecule has 0 fully saturated rings. The Morgan fingerprint density at radius 3 is 2.86 bits per heavy atom. The molecule has 0 spiro atoms. The van der Waals surface area contributed by atoms with Crippen molar-refractivity contribution >= 4 is 38.7 Å². The molecule has 2 N–H and O–H groups in total. The molecule has 0 unspecified atom stereocenters. The van der Waals surface area contributed by atoms with E-state index in [1.807, 2.05) is 36.4 Å². The summed E-state index contributed by atoms with van der Waals surface area (Å²) in [5, 5.41) is 9.78. The molecule has 7 nitrogen and oxygen atoms in total. The van der Waals surface area contributed by atoms with Crippen molar-refractivity contribution in [2.75, 3.05) is 13.0 Å². The van der Waals surface area contributed by atoms with E-state index in [-0.39, 0.29) is 0 Å². The van der Waals surface area contributed by atoms with E-state index in [0.717, 1.165) is 21.0 Å². The summed E-state index contributed by atoms with van der Waals surface area (Å²) >= 11 is 4.78. The number of methoxy groups -OCH3 is 1. The van der Waals surface area contributed by atoms with Gasteiger partial charge in [-0.05, 0) is 35.9 Å². The lowest BCUT2D eigenvalue weighted by molar-refractivity contribution is 0.416. The zero-order valence-electron chi connectivity index (χ0n) is 14.8. The Hall–Kier alpha value is -2.78. The minimum absolute atomic E-state index is 0.398. The maximum Gasteiger partial charge on any atom is 0.336 e. The van der Waals surface area contributed by atoms with Gasteiger partial charge >= 0.3 is 5.63 Å². The summed E-state index contributed by atoms with van der Waals surface area (Å²) in [6.07, 6.45) is 0. The van der Waals surface area contributed by atoms with Gasteiger partial charge in [0.05, 0.1) is 12.7 Å². The third kappa shape index (κ3) is 3.50. The van der Waals surface area contributed by atoms with Crippen molar-refractivity contribution in [1.29, 1.82) is 0 Å². The number of nitrogen functional groups attached to an aromatic ring is 1. The van der Waals surface area contributed by atoms with Gasteiger partial charge in [0.15, 0.2) is 5.82 Å². The number of hydrogen-bond acceptors (Lipinski definition) is 7. The largest absolute Gasteiger partial charge is 0.496 e. The highest BCUT2D eigenvalue weighted by atomic mass is 79.9. The SMILES string of the molecule is COc1ccccc1-c1nnc(SCc2cc(=O)oc3cc(Br)ccc23)n1N. The normalized spacial score (nSPS) is 11.1. The summed E-state index contributed by atoms with van der Waals surface area (Å²) < 4.78 is 12.9.